The van der Waals surface area contributed by atoms with Crippen LogP contribution in [0, 0.1) is 0 Å². The summed E-state index contributed by atoms with van der Waals surface area (Å²) in [6, 6.07) is 10.4. The van der Waals surface area contributed by atoms with Crippen molar-refractivity contribution in [1.82, 2.24) is 10.2 Å². The summed E-state index contributed by atoms with van der Waals surface area (Å²) in [5.41, 5.74) is 0.641. The van der Waals surface area contributed by atoms with Gasteiger partial charge in [0.2, 0.25) is 0 Å². The summed E-state index contributed by atoms with van der Waals surface area (Å²) >= 11 is 0. The van der Waals surface area contributed by atoms with Gasteiger partial charge in [-0.15, -0.1) is 0 Å². The summed E-state index contributed by atoms with van der Waals surface area (Å²) < 4.78 is 11.4. The van der Waals surface area contributed by atoms with E-state index in [0.717, 1.165) is 19.6 Å². The molecule has 0 fully saturated rings. The Morgan fingerprint density at radius 2 is 1.61 bits per heavy atom. The molecule has 0 aliphatic heterocycles. The number of nitrogens with one attached hydrogen (secondary N) is 1. The second-order valence-electron chi connectivity index (χ2n) is 8.72. The first-order valence-corrected chi connectivity index (χ1v) is 12.3. The number of benzene rings is 1. The molecule has 1 amide bonds. The van der Waals surface area contributed by atoms with Crippen molar-refractivity contribution in [1.29, 1.82) is 0 Å². The molecule has 1 unspecified atom stereocenters. The van der Waals surface area contributed by atoms with Crippen LogP contribution < -0.4 is 10.1 Å². The molecule has 1 aromatic carbocycles. The highest BCUT2D eigenvalue weighted by Crippen LogP contribution is 2.16. The van der Waals surface area contributed by atoms with Crippen molar-refractivity contribution in [3.8, 4) is 5.75 Å². The smallest absolute Gasteiger partial charge is 0.287 e. The van der Waals surface area contributed by atoms with Gasteiger partial charge in [0.1, 0.15) is 18.1 Å². The lowest BCUT2D eigenvalue weighted by Crippen LogP contribution is -2.42. The molecule has 1 atom stereocenters. The van der Waals surface area contributed by atoms with Gasteiger partial charge in [0.15, 0.2) is 11.5 Å². The Morgan fingerprint density at radius 1 is 0.970 bits per heavy atom. The Hall–Kier alpha value is -2.60. The van der Waals surface area contributed by atoms with Crippen molar-refractivity contribution in [3.05, 3.63) is 53.5 Å². The van der Waals surface area contributed by atoms with Gasteiger partial charge >= 0.3 is 0 Å². The lowest BCUT2D eigenvalue weighted by molar-refractivity contribution is 0.0896. The van der Waals surface area contributed by atoms with E-state index in [4.69, 9.17) is 9.15 Å². The quantitative estimate of drug-likeness (QED) is 0.253. The van der Waals surface area contributed by atoms with Crippen molar-refractivity contribution in [3.63, 3.8) is 0 Å². The normalized spacial score (nSPS) is 12.0. The molecule has 6 heteroatoms. The first kappa shape index (κ1) is 26.7. The van der Waals surface area contributed by atoms with Crippen molar-refractivity contribution in [2.75, 3.05) is 19.6 Å². The summed E-state index contributed by atoms with van der Waals surface area (Å²) in [4.78, 5) is 26.5. The van der Waals surface area contributed by atoms with E-state index >= 15 is 0 Å². The van der Waals surface area contributed by atoms with E-state index in [2.05, 4.69) is 24.1 Å². The highest BCUT2D eigenvalue weighted by molar-refractivity contribution is 5.94. The summed E-state index contributed by atoms with van der Waals surface area (Å²) in [6.45, 7) is 11.2. The number of amides is 1. The molecule has 0 bridgehead atoms. The van der Waals surface area contributed by atoms with E-state index in [1.54, 1.807) is 36.4 Å². The fourth-order valence-corrected chi connectivity index (χ4v) is 3.71. The van der Waals surface area contributed by atoms with Gasteiger partial charge in [0.25, 0.3) is 5.91 Å². The first-order chi connectivity index (χ1) is 15.9. The third-order valence-electron chi connectivity index (χ3n) is 5.59. The second-order valence-corrected chi connectivity index (χ2v) is 8.72. The Labute approximate surface area is 198 Å². The van der Waals surface area contributed by atoms with E-state index < -0.39 is 0 Å². The molecule has 0 aliphatic carbocycles. The zero-order chi connectivity index (χ0) is 24.1. The largest absolute Gasteiger partial charge is 0.486 e. The van der Waals surface area contributed by atoms with Gasteiger partial charge in [-0.25, -0.2) is 0 Å². The van der Waals surface area contributed by atoms with E-state index in [1.165, 1.54) is 45.4 Å². The van der Waals surface area contributed by atoms with Crippen molar-refractivity contribution < 1.29 is 18.7 Å². The number of nitrogens with zero attached hydrogens (tertiary/aromatic N) is 1. The molecule has 1 aromatic heterocycles. The number of unbranched alkanes of at least 4 members (excludes halogenated alkanes) is 4. The first-order valence-electron chi connectivity index (χ1n) is 12.3. The Morgan fingerprint density at radius 3 is 2.18 bits per heavy atom. The molecule has 2 rings (SSSR count). The lowest BCUT2D eigenvalue weighted by Gasteiger charge is -2.26. The fraction of sp³-hybridized carbons (Fsp3) is 0.556. The van der Waals surface area contributed by atoms with Gasteiger partial charge < -0.3 is 19.4 Å². The number of furan rings is 1. The summed E-state index contributed by atoms with van der Waals surface area (Å²) in [5, 5.41) is 3.06. The Balaban J connectivity index is 1.82. The topological polar surface area (TPSA) is 71.8 Å². The van der Waals surface area contributed by atoms with Crippen LogP contribution in [-0.2, 0) is 6.61 Å². The predicted octanol–water partition coefficient (Wildman–Crippen LogP) is 5.86. The standard InChI is InChI=1S/C27H40N2O4/c1-5-7-9-17-29(18-10-8-6-2)19-21(3)28-27(31)26-16-15-25(33-26)20-32-24-13-11-23(12-14-24)22(4)30/h11-16,21H,5-10,17-20H2,1-4H3,(H,28,31). The maximum atomic E-state index is 12.7. The number of carbonyl (C=O) groups is 2. The minimum atomic E-state index is -0.207. The van der Waals surface area contributed by atoms with Crippen LogP contribution in [0.15, 0.2) is 40.8 Å². The zero-order valence-electron chi connectivity index (χ0n) is 20.7. The van der Waals surface area contributed by atoms with Crippen molar-refractivity contribution in [2.45, 2.75) is 78.9 Å². The van der Waals surface area contributed by atoms with Crippen LogP contribution in [0.1, 0.15) is 92.9 Å². The zero-order valence-corrected chi connectivity index (χ0v) is 20.7. The van der Waals surface area contributed by atoms with E-state index in [9.17, 15) is 9.59 Å². The Bertz CT molecular complexity index is 834. The van der Waals surface area contributed by atoms with E-state index in [0.29, 0.717) is 17.1 Å². The van der Waals surface area contributed by atoms with Crippen LogP contribution in [0.4, 0.5) is 0 Å². The van der Waals surface area contributed by atoms with Gasteiger partial charge in [-0.05, 0) is 76.2 Å². The Kier molecular flexibility index (Phi) is 11.7. The highest BCUT2D eigenvalue weighted by atomic mass is 16.5. The number of Topliss-reactive ketones (excluding diaryl/α,β-unsaturated/α-hetero) is 1. The molecule has 0 aliphatic rings. The van der Waals surface area contributed by atoms with Gasteiger partial charge in [-0.2, -0.15) is 0 Å². The van der Waals surface area contributed by atoms with E-state index in [1.807, 2.05) is 6.92 Å². The average Bonchev–Trinajstić information content (AvgIpc) is 3.27. The van der Waals surface area contributed by atoms with Crippen molar-refractivity contribution in [2.24, 2.45) is 0 Å². The monoisotopic (exact) mass is 456 g/mol. The molecule has 33 heavy (non-hydrogen) atoms. The summed E-state index contributed by atoms with van der Waals surface area (Å²) in [5.74, 6) is 1.31. The maximum Gasteiger partial charge on any atom is 0.287 e. The maximum absolute atomic E-state index is 12.7. The van der Waals surface area contributed by atoms with Crippen LogP contribution in [-0.4, -0.2) is 42.3 Å². The number of hydrogen-bond acceptors (Lipinski definition) is 5. The van der Waals surface area contributed by atoms with Gasteiger partial charge in [0.05, 0.1) is 0 Å². The van der Waals surface area contributed by atoms with Crippen LogP contribution in [0.25, 0.3) is 0 Å². The number of ether oxygens (including phenoxy) is 1. The number of carbonyl (C=O) groups excluding carboxylic acids is 2. The third kappa shape index (κ3) is 9.82. The van der Waals surface area contributed by atoms with Gasteiger partial charge in [-0.3, -0.25) is 9.59 Å². The molecular formula is C27H40N2O4. The fourth-order valence-electron chi connectivity index (χ4n) is 3.71. The number of ketones is 1. The number of hydrogen-bond donors (Lipinski definition) is 1. The molecule has 0 spiro atoms. The predicted molar refractivity (Wildman–Crippen MR) is 132 cm³/mol. The average molecular weight is 457 g/mol. The van der Waals surface area contributed by atoms with E-state index in [-0.39, 0.29) is 30.1 Å². The van der Waals surface area contributed by atoms with Crippen LogP contribution in [0.2, 0.25) is 0 Å². The SMILES string of the molecule is CCCCCN(CCCCC)CC(C)NC(=O)c1ccc(COc2ccc(C(C)=O)cc2)o1. The van der Waals surface area contributed by atoms with Gasteiger partial charge in [0, 0.05) is 18.2 Å². The molecule has 1 heterocycles. The summed E-state index contributed by atoms with van der Waals surface area (Å²) in [6.07, 6.45) is 7.30. The second kappa shape index (κ2) is 14.5. The molecule has 1 N–H and O–H groups in total. The third-order valence-corrected chi connectivity index (χ3v) is 5.59. The molecular weight excluding hydrogens is 416 g/mol. The summed E-state index contributed by atoms with van der Waals surface area (Å²) in [7, 11) is 0. The lowest BCUT2D eigenvalue weighted by atomic mass is 10.1. The van der Waals surface area contributed by atoms with Crippen LogP contribution >= 0.6 is 0 Å². The van der Waals surface area contributed by atoms with Gasteiger partial charge in [-0.1, -0.05) is 39.5 Å². The molecule has 6 nitrogen and oxygen atoms in total. The highest BCUT2D eigenvalue weighted by Gasteiger charge is 2.16. The minimum Gasteiger partial charge on any atom is -0.486 e. The number of rotatable bonds is 16. The van der Waals surface area contributed by atoms with Crippen LogP contribution in [0.3, 0.4) is 0 Å². The molecule has 0 radical (unpaired) electrons. The molecule has 182 valence electrons. The molecule has 0 saturated heterocycles. The molecule has 0 saturated carbocycles. The minimum absolute atomic E-state index is 0.0162. The van der Waals surface area contributed by atoms with Crippen molar-refractivity contribution >= 4 is 11.7 Å². The molecule has 2 aromatic rings. The van der Waals surface area contributed by atoms with Crippen LogP contribution in [0.5, 0.6) is 5.75 Å².